The molecule has 1 amide bonds. The molecular formula is C35H38FN3O8S. The van der Waals surface area contributed by atoms with Gasteiger partial charge in [0.15, 0.2) is 0 Å². The molecule has 1 fully saturated rings. The minimum atomic E-state index is -3.81. The maximum Gasteiger partial charge on any atom is 0.306 e. The van der Waals surface area contributed by atoms with Crippen molar-refractivity contribution in [3.05, 3.63) is 77.6 Å². The fourth-order valence-corrected chi connectivity index (χ4v) is 7.17. The molecule has 0 spiro atoms. The van der Waals surface area contributed by atoms with E-state index in [-0.39, 0.29) is 42.2 Å². The average molecular weight is 680 g/mol. The molecular weight excluding hydrogens is 641 g/mol. The Morgan fingerprint density at radius 3 is 2.35 bits per heavy atom. The molecule has 3 aromatic carbocycles. The number of anilines is 1. The molecule has 2 unspecified atom stereocenters. The summed E-state index contributed by atoms with van der Waals surface area (Å²) in [5, 5.41) is 6.43. The van der Waals surface area contributed by atoms with Crippen molar-refractivity contribution >= 4 is 38.6 Å². The van der Waals surface area contributed by atoms with Crippen LogP contribution in [0.2, 0.25) is 0 Å². The number of amides is 1. The van der Waals surface area contributed by atoms with Crippen LogP contribution in [0.4, 0.5) is 10.1 Å². The van der Waals surface area contributed by atoms with Crippen molar-refractivity contribution in [1.29, 1.82) is 0 Å². The maximum atomic E-state index is 13.3. The van der Waals surface area contributed by atoms with Crippen LogP contribution in [-0.4, -0.2) is 65.9 Å². The molecule has 0 bridgehead atoms. The second-order valence-corrected chi connectivity index (χ2v) is 14.1. The Kier molecular flexibility index (Phi) is 9.72. The molecule has 0 saturated carbocycles. The van der Waals surface area contributed by atoms with Crippen LogP contribution in [0.5, 0.6) is 11.5 Å². The van der Waals surface area contributed by atoms with Gasteiger partial charge >= 0.3 is 5.97 Å². The van der Waals surface area contributed by atoms with E-state index in [1.54, 1.807) is 43.3 Å². The van der Waals surface area contributed by atoms with Gasteiger partial charge in [-0.2, -0.15) is 0 Å². The van der Waals surface area contributed by atoms with Crippen molar-refractivity contribution in [2.75, 3.05) is 43.8 Å². The molecule has 48 heavy (non-hydrogen) atoms. The van der Waals surface area contributed by atoms with Gasteiger partial charge in [0, 0.05) is 36.0 Å². The van der Waals surface area contributed by atoms with Crippen LogP contribution in [-0.2, 0) is 24.3 Å². The quantitative estimate of drug-likeness (QED) is 0.218. The second kappa shape index (κ2) is 14.0. The largest absolute Gasteiger partial charge is 0.463 e. The van der Waals surface area contributed by atoms with E-state index in [2.05, 4.69) is 10.6 Å². The molecule has 2 atom stereocenters. The lowest BCUT2D eigenvalue weighted by molar-refractivity contribution is -0.150. The normalized spacial score (nSPS) is 18.6. The summed E-state index contributed by atoms with van der Waals surface area (Å²) >= 11 is 0. The number of fused-ring (bicyclic) bond motifs is 2. The van der Waals surface area contributed by atoms with Crippen molar-refractivity contribution < 1.29 is 41.0 Å². The molecule has 13 heteroatoms. The van der Waals surface area contributed by atoms with Gasteiger partial charge in [-0.1, -0.05) is 0 Å². The smallest absolute Gasteiger partial charge is 0.306 e. The summed E-state index contributed by atoms with van der Waals surface area (Å²) in [5.41, 5.74) is 2.06. The number of hydrogen-bond acceptors (Lipinski definition) is 9. The standard InChI is InChI=1S/C35H38FN3O8S/c1-21-28-17-29-31(18-30(28)39(48(3,42)43)19-27(45-21)20-44-32(40)16-22-12-14-38-15-13-22)47-34(33(29)35(41)37-2)23-4-8-25(9-5-23)46-26-10-6-24(36)7-11-26/h4-11,17-18,21-22,27,38H,12-16,19-20H2,1-3H3,(H,37,41). The Hall–Kier alpha value is -4.46. The SMILES string of the molecule is CNC(=O)c1c(-c2ccc(Oc3ccc(F)cc3)cc2)oc2cc3c(cc12)C(C)OC(COC(=O)CC1CCNCC1)CN3S(C)(=O)=O. The highest BCUT2D eigenvalue weighted by Gasteiger charge is 2.34. The summed E-state index contributed by atoms with van der Waals surface area (Å²) < 4.78 is 64.8. The van der Waals surface area contributed by atoms with E-state index in [4.69, 9.17) is 18.6 Å². The molecule has 2 aliphatic heterocycles. The van der Waals surface area contributed by atoms with Gasteiger partial charge in [-0.3, -0.25) is 13.9 Å². The van der Waals surface area contributed by atoms with E-state index in [1.807, 2.05) is 0 Å². The number of rotatable bonds is 9. The monoisotopic (exact) mass is 679 g/mol. The van der Waals surface area contributed by atoms with Crippen LogP contribution in [0.1, 0.15) is 48.2 Å². The number of halogens is 1. The first-order valence-electron chi connectivity index (χ1n) is 15.9. The van der Waals surface area contributed by atoms with Crippen LogP contribution >= 0.6 is 0 Å². The van der Waals surface area contributed by atoms with Gasteiger partial charge in [0.25, 0.3) is 5.91 Å². The molecule has 6 rings (SSSR count). The van der Waals surface area contributed by atoms with E-state index in [1.165, 1.54) is 35.6 Å². The number of carbonyl (C=O) groups is 2. The van der Waals surface area contributed by atoms with Crippen LogP contribution in [0.3, 0.4) is 0 Å². The van der Waals surface area contributed by atoms with Crippen LogP contribution in [0.25, 0.3) is 22.3 Å². The van der Waals surface area contributed by atoms with E-state index in [0.717, 1.165) is 32.2 Å². The third-order valence-corrected chi connectivity index (χ3v) is 9.82. The van der Waals surface area contributed by atoms with E-state index in [0.29, 0.717) is 45.7 Å². The number of ether oxygens (including phenoxy) is 3. The minimum absolute atomic E-state index is 0.0757. The highest BCUT2D eigenvalue weighted by Crippen LogP contribution is 2.42. The Balaban J connectivity index is 1.30. The van der Waals surface area contributed by atoms with Crippen molar-refractivity contribution in [2.24, 2.45) is 5.92 Å². The first kappa shape index (κ1) is 33.4. The number of piperidine rings is 1. The third-order valence-electron chi connectivity index (χ3n) is 8.67. The predicted octanol–water partition coefficient (Wildman–Crippen LogP) is 5.55. The summed E-state index contributed by atoms with van der Waals surface area (Å²) in [6, 6.07) is 15.9. The summed E-state index contributed by atoms with van der Waals surface area (Å²) in [4.78, 5) is 25.9. The van der Waals surface area contributed by atoms with E-state index in [9.17, 15) is 22.4 Å². The zero-order valence-corrected chi connectivity index (χ0v) is 27.8. The number of benzene rings is 3. The van der Waals surface area contributed by atoms with Gasteiger partial charge in [-0.25, -0.2) is 12.8 Å². The van der Waals surface area contributed by atoms with Crippen molar-refractivity contribution in [2.45, 2.75) is 38.4 Å². The predicted molar refractivity (Wildman–Crippen MR) is 178 cm³/mol. The number of nitrogens with zero attached hydrogens (tertiary/aromatic N) is 1. The number of esters is 1. The van der Waals surface area contributed by atoms with Crippen molar-refractivity contribution in [3.63, 3.8) is 0 Å². The minimum Gasteiger partial charge on any atom is -0.463 e. The second-order valence-electron chi connectivity index (χ2n) is 12.1. The molecule has 0 aliphatic carbocycles. The van der Waals surface area contributed by atoms with E-state index >= 15 is 0 Å². The van der Waals surface area contributed by atoms with Gasteiger partial charge in [0.2, 0.25) is 10.0 Å². The van der Waals surface area contributed by atoms with Gasteiger partial charge in [-0.15, -0.1) is 0 Å². The lowest BCUT2D eigenvalue weighted by atomic mass is 9.95. The van der Waals surface area contributed by atoms with Crippen molar-refractivity contribution in [3.8, 4) is 22.8 Å². The Labute approximate surface area is 278 Å². The maximum absolute atomic E-state index is 13.3. The van der Waals surface area contributed by atoms with Gasteiger partial charge in [0.1, 0.15) is 41.4 Å². The fraction of sp³-hybridized carbons (Fsp3) is 0.371. The number of furan rings is 1. The first-order chi connectivity index (χ1) is 23.0. The van der Waals surface area contributed by atoms with Gasteiger partial charge in [-0.05, 0) is 93.4 Å². The van der Waals surface area contributed by atoms with Gasteiger partial charge in [0.05, 0.1) is 30.2 Å². The Morgan fingerprint density at radius 2 is 1.71 bits per heavy atom. The summed E-state index contributed by atoms with van der Waals surface area (Å²) in [6.07, 6.45) is 1.89. The zero-order chi connectivity index (χ0) is 34.0. The van der Waals surface area contributed by atoms with Crippen molar-refractivity contribution in [1.82, 2.24) is 10.6 Å². The molecule has 1 aromatic heterocycles. The molecule has 254 valence electrons. The van der Waals surface area contributed by atoms with Crippen LogP contribution in [0.15, 0.2) is 65.1 Å². The first-order valence-corrected chi connectivity index (χ1v) is 17.7. The lowest BCUT2D eigenvalue weighted by Crippen LogP contribution is -2.39. The molecule has 1 saturated heterocycles. The summed E-state index contributed by atoms with van der Waals surface area (Å²) in [5.74, 6) is 0.409. The average Bonchev–Trinajstić information content (AvgIpc) is 3.37. The Bertz CT molecular complexity index is 1900. The zero-order valence-electron chi connectivity index (χ0n) is 27.0. The van der Waals surface area contributed by atoms with Gasteiger partial charge < -0.3 is 29.3 Å². The van der Waals surface area contributed by atoms with Crippen LogP contribution in [0, 0.1) is 11.7 Å². The highest BCUT2D eigenvalue weighted by atomic mass is 32.2. The molecule has 4 aromatic rings. The molecule has 2 N–H and O–H groups in total. The number of carbonyl (C=O) groups excluding carboxylic acids is 2. The fourth-order valence-electron chi connectivity index (χ4n) is 6.22. The van der Waals surface area contributed by atoms with E-state index < -0.39 is 28.1 Å². The molecule has 11 nitrogen and oxygen atoms in total. The number of nitrogens with one attached hydrogen (secondary N) is 2. The van der Waals surface area contributed by atoms with Crippen LogP contribution < -0.4 is 19.7 Å². The number of sulfonamides is 1. The highest BCUT2D eigenvalue weighted by molar-refractivity contribution is 7.92. The Morgan fingerprint density at radius 1 is 1.04 bits per heavy atom. The third kappa shape index (κ3) is 7.33. The molecule has 2 aliphatic rings. The number of hydrogen-bond donors (Lipinski definition) is 2. The summed E-state index contributed by atoms with van der Waals surface area (Å²) in [7, 11) is -2.29. The lowest BCUT2D eigenvalue weighted by Gasteiger charge is -2.25. The summed E-state index contributed by atoms with van der Waals surface area (Å²) in [6.45, 7) is 3.36. The topological polar surface area (TPSA) is 136 Å². The molecule has 3 heterocycles. The molecule has 0 radical (unpaired) electrons.